The molecule has 0 radical (unpaired) electrons. The standard InChI is InChI=1S/C17H18N2/c1-19-12-3-2-6-16(19)9-7-14-8-10-17-15(13-14)5-4-11-18-17/h2-3,6-10,12-13H,4-5,11H2,1H3/p+1. The molecule has 2 nitrogen and oxygen atoms in total. The van der Waals surface area contributed by atoms with Gasteiger partial charge in [0.25, 0.3) is 0 Å². The number of aromatic nitrogens is 1. The van der Waals surface area contributed by atoms with Gasteiger partial charge in [-0.2, -0.15) is 0 Å². The second-order valence-electron chi connectivity index (χ2n) is 5.02. The van der Waals surface area contributed by atoms with Crippen molar-refractivity contribution in [3.05, 3.63) is 59.4 Å². The fraction of sp³-hybridized carbons (Fsp3) is 0.235. The van der Waals surface area contributed by atoms with Crippen LogP contribution in [0.5, 0.6) is 0 Å². The number of fused-ring (bicyclic) bond motifs is 1. The number of aryl methyl sites for hydroxylation is 2. The molecule has 0 spiro atoms. The molecule has 2 heterocycles. The maximum Gasteiger partial charge on any atom is 0.204 e. The largest absolute Gasteiger partial charge is 0.385 e. The van der Waals surface area contributed by atoms with Crippen LogP contribution in [-0.4, -0.2) is 6.54 Å². The zero-order valence-corrected chi connectivity index (χ0v) is 11.3. The fourth-order valence-electron chi connectivity index (χ4n) is 2.49. The first-order valence-electron chi connectivity index (χ1n) is 6.82. The van der Waals surface area contributed by atoms with Crippen molar-refractivity contribution >= 4 is 17.8 Å². The van der Waals surface area contributed by atoms with Gasteiger partial charge in [-0.15, -0.1) is 0 Å². The summed E-state index contributed by atoms with van der Waals surface area (Å²) in [6, 6.07) is 12.9. The minimum absolute atomic E-state index is 1.10. The van der Waals surface area contributed by atoms with E-state index in [-0.39, 0.29) is 0 Å². The number of hydrogen-bond acceptors (Lipinski definition) is 1. The molecule has 0 bridgehead atoms. The molecule has 0 atom stereocenters. The molecule has 0 saturated carbocycles. The summed E-state index contributed by atoms with van der Waals surface area (Å²) in [5.41, 5.74) is 5.21. The third-order valence-corrected chi connectivity index (χ3v) is 3.61. The van der Waals surface area contributed by atoms with Gasteiger partial charge in [0, 0.05) is 30.4 Å². The Balaban J connectivity index is 1.85. The lowest BCUT2D eigenvalue weighted by Gasteiger charge is -2.17. The number of anilines is 1. The summed E-state index contributed by atoms with van der Waals surface area (Å²) in [4.78, 5) is 0. The zero-order valence-electron chi connectivity index (χ0n) is 11.3. The SMILES string of the molecule is C[n+]1ccccc1C=Cc1ccc2c(c1)CCCN2. The lowest BCUT2D eigenvalue weighted by atomic mass is 10.0. The topological polar surface area (TPSA) is 15.9 Å². The summed E-state index contributed by atoms with van der Waals surface area (Å²) in [5.74, 6) is 0. The summed E-state index contributed by atoms with van der Waals surface area (Å²) in [6.07, 6.45) is 8.83. The molecule has 1 aromatic heterocycles. The third-order valence-electron chi connectivity index (χ3n) is 3.61. The first-order chi connectivity index (χ1) is 9.33. The van der Waals surface area contributed by atoms with Crippen molar-refractivity contribution in [3.63, 3.8) is 0 Å². The van der Waals surface area contributed by atoms with E-state index in [1.807, 2.05) is 6.07 Å². The molecule has 0 fully saturated rings. The van der Waals surface area contributed by atoms with E-state index in [1.165, 1.54) is 35.3 Å². The van der Waals surface area contributed by atoms with E-state index in [2.05, 4.69) is 65.6 Å². The molecule has 3 rings (SSSR count). The average molecular weight is 251 g/mol. The summed E-state index contributed by atoms with van der Waals surface area (Å²) < 4.78 is 2.12. The van der Waals surface area contributed by atoms with Crippen LogP contribution >= 0.6 is 0 Å². The second-order valence-corrected chi connectivity index (χ2v) is 5.02. The molecule has 96 valence electrons. The van der Waals surface area contributed by atoms with Crippen molar-refractivity contribution in [1.82, 2.24) is 0 Å². The van der Waals surface area contributed by atoms with Gasteiger partial charge in [-0.25, -0.2) is 4.57 Å². The molecule has 2 heteroatoms. The van der Waals surface area contributed by atoms with E-state index in [1.54, 1.807) is 0 Å². The molecular weight excluding hydrogens is 232 g/mol. The predicted octanol–water partition coefficient (Wildman–Crippen LogP) is 3.04. The van der Waals surface area contributed by atoms with E-state index in [4.69, 9.17) is 0 Å². The molecule has 19 heavy (non-hydrogen) atoms. The lowest BCUT2D eigenvalue weighted by Crippen LogP contribution is -2.30. The van der Waals surface area contributed by atoms with Crippen molar-refractivity contribution in [2.24, 2.45) is 7.05 Å². The Morgan fingerprint density at radius 1 is 1.16 bits per heavy atom. The van der Waals surface area contributed by atoms with Crippen LogP contribution in [0.3, 0.4) is 0 Å². The monoisotopic (exact) mass is 251 g/mol. The highest BCUT2D eigenvalue weighted by molar-refractivity contribution is 5.69. The van der Waals surface area contributed by atoms with Crippen molar-refractivity contribution in [2.75, 3.05) is 11.9 Å². The second kappa shape index (κ2) is 5.27. The Morgan fingerprint density at radius 2 is 2.11 bits per heavy atom. The van der Waals surface area contributed by atoms with Crippen LogP contribution in [0.1, 0.15) is 23.2 Å². The molecule has 1 N–H and O–H groups in total. The molecule has 0 aliphatic carbocycles. The third kappa shape index (κ3) is 2.68. The van der Waals surface area contributed by atoms with Gasteiger partial charge in [0.1, 0.15) is 7.05 Å². The van der Waals surface area contributed by atoms with Crippen LogP contribution in [-0.2, 0) is 13.5 Å². The van der Waals surface area contributed by atoms with Crippen LogP contribution in [0.25, 0.3) is 12.2 Å². The first kappa shape index (κ1) is 12.0. The Labute approximate surface area is 114 Å². The molecule has 1 aromatic carbocycles. The normalized spacial score (nSPS) is 14.2. The summed E-state index contributed by atoms with van der Waals surface area (Å²) in [6.45, 7) is 1.10. The highest BCUT2D eigenvalue weighted by Crippen LogP contribution is 2.23. The molecule has 1 aliphatic rings. The van der Waals surface area contributed by atoms with Crippen LogP contribution in [0.15, 0.2) is 42.6 Å². The van der Waals surface area contributed by atoms with E-state index < -0.39 is 0 Å². The van der Waals surface area contributed by atoms with Crippen LogP contribution in [0.4, 0.5) is 5.69 Å². The number of benzene rings is 1. The Morgan fingerprint density at radius 3 is 3.00 bits per heavy atom. The Kier molecular flexibility index (Phi) is 3.32. The number of pyridine rings is 1. The van der Waals surface area contributed by atoms with E-state index in [0.717, 1.165) is 6.54 Å². The van der Waals surface area contributed by atoms with E-state index >= 15 is 0 Å². The maximum absolute atomic E-state index is 3.44. The number of nitrogens with one attached hydrogen (secondary N) is 1. The van der Waals surface area contributed by atoms with Gasteiger partial charge >= 0.3 is 0 Å². The highest BCUT2D eigenvalue weighted by Gasteiger charge is 2.07. The average Bonchev–Trinajstić information content (AvgIpc) is 2.46. The van der Waals surface area contributed by atoms with Gasteiger partial charge in [-0.1, -0.05) is 6.07 Å². The maximum atomic E-state index is 3.44. The van der Waals surface area contributed by atoms with Gasteiger partial charge in [-0.3, -0.25) is 0 Å². The lowest BCUT2D eigenvalue weighted by molar-refractivity contribution is -0.673. The molecule has 0 amide bonds. The van der Waals surface area contributed by atoms with Gasteiger partial charge in [0.05, 0.1) is 0 Å². The Bertz CT molecular complexity index is 614. The molecule has 0 saturated heterocycles. The van der Waals surface area contributed by atoms with Crippen molar-refractivity contribution in [2.45, 2.75) is 12.8 Å². The van der Waals surface area contributed by atoms with Crippen LogP contribution in [0, 0.1) is 0 Å². The van der Waals surface area contributed by atoms with Crippen LogP contribution in [0.2, 0.25) is 0 Å². The minimum atomic E-state index is 1.10. The molecular formula is C17H19N2+. The van der Waals surface area contributed by atoms with E-state index in [9.17, 15) is 0 Å². The minimum Gasteiger partial charge on any atom is -0.385 e. The first-order valence-corrected chi connectivity index (χ1v) is 6.82. The Hall–Kier alpha value is -2.09. The smallest absolute Gasteiger partial charge is 0.204 e. The number of nitrogens with zero attached hydrogens (tertiary/aromatic N) is 1. The van der Waals surface area contributed by atoms with Crippen molar-refractivity contribution < 1.29 is 4.57 Å². The molecule has 2 aromatic rings. The van der Waals surface area contributed by atoms with Crippen LogP contribution < -0.4 is 9.88 Å². The van der Waals surface area contributed by atoms with Gasteiger partial charge in [-0.05, 0) is 48.2 Å². The van der Waals surface area contributed by atoms with Crippen molar-refractivity contribution in [3.8, 4) is 0 Å². The number of hydrogen-bond donors (Lipinski definition) is 1. The highest BCUT2D eigenvalue weighted by atomic mass is 14.9. The zero-order chi connectivity index (χ0) is 13.1. The van der Waals surface area contributed by atoms with E-state index in [0.29, 0.717) is 0 Å². The van der Waals surface area contributed by atoms with Gasteiger partial charge in [0.15, 0.2) is 6.20 Å². The number of rotatable bonds is 2. The fourth-order valence-corrected chi connectivity index (χ4v) is 2.49. The quantitative estimate of drug-likeness (QED) is 0.811. The summed E-state index contributed by atoms with van der Waals surface area (Å²) in [5, 5.41) is 3.44. The van der Waals surface area contributed by atoms with Crippen molar-refractivity contribution in [1.29, 1.82) is 0 Å². The van der Waals surface area contributed by atoms with Gasteiger partial charge < -0.3 is 5.32 Å². The van der Waals surface area contributed by atoms with Gasteiger partial charge in [0.2, 0.25) is 5.69 Å². The molecule has 0 unspecified atom stereocenters. The summed E-state index contributed by atoms with van der Waals surface area (Å²) >= 11 is 0. The summed E-state index contributed by atoms with van der Waals surface area (Å²) in [7, 11) is 2.07. The predicted molar refractivity (Wildman–Crippen MR) is 79.8 cm³/mol. The molecule has 1 aliphatic heterocycles.